The van der Waals surface area contributed by atoms with Gasteiger partial charge in [0.15, 0.2) is 0 Å². The van der Waals surface area contributed by atoms with Gasteiger partial charge in [0.2, 0.25) is 0 Å². The molecule has 2 aromatic carbocycles. The van der Waals surface area contributed by atoms with Crippen LogP contribution in [0, 0.1) is 47.5 Å². The van der Waals surface area contributed by atoms with Crippen molar-refractivity contribution < 1.29 is 28.7 Å². The van der Waals surface area contributed by atoms with E-state index in [1.54, 1.807) is 32.0 Å². The highest BCUT2D eigenvalue weighted by Gasteiger charge is 2.28. The zero-order chi connectivity index (χ0) is 27.3. The summed E-state index contributed by atoms with van der Waals surface area (Å²) in [5.74, 6) is -3.13. The van der Waals surface area contributed by atoms with Gasteiger partial charge in [-0.15, -0.1) is 0 Å². The Labute approximate surface area is 214 Å². The molecule has 0 aliphatic carbocycles. The van der Waals surface area contributed by atoms with Crippen LogP contribution in [0.3, 0.4) is 0 Å². The first-order chi connectivity index (χ1) is 16.7. The average Bonchev–Trinajstić information content (AvgIpc) is 2.79. The maximum Gasteiger partial charge on any atom is 0.379 e. The number of benzene rings is 2. The van der Waals surface area contributed by atoms with Crippen molar-refractivity contribution in [2.24, 2.45) is 5.92 Å². The third-order valence-electron chi connectivity index (χ3n) is 6.89. The van der Waals surface area contributed by atoms with Gasteiger partial charge < -0.3 is 9.47 Å². The van der Waals surface area contributed by atoms with Gasteiger partial charge in [-0.3, -0.25) is 9.59 Å². The van der Waals surface area contributed by atoms with E-state index in [4.69, 9.17) is 9.47 Å². The normalized spacial score (nSPS) is 12.7. The number of hydrogen-bond acceptors (Lipinski definition) is 6. The molecular formula is C30H38O6. The first-order valence-electron chi connectivity index (χ1n) is 12.4. The van der Waals surface area contributed by atoms with Crippen LogP contribution in [0.15, 0.2) is 24.3 Å². The maximum atomic E-state index is 12.8. The van der Waals surface area contributed by atoms with Gasteiger partial charge in [-0.2, -0.15) is 0 Å². The second-order valence-corrected chi connectivity index (χ2v) is 10.1. The third-order valence-corrected chi connectivity index (χ3v) is 6.89. The lowest BCUT2D eigenvalue weighted by atomic mass is 9.96. The van der Waals surface area contributed by atoms with Crippen LogP contribution in [0.2, 0.25) is 0 Å². The standard InChI is InChI=1S/C30H38O6/c1-16(2)14-24(36-30(34)28(32)26-13-11-18(4)21(7)23(26)9)15-19(5)35-29(33)27(31)25-12-10-17(3)20(6)22(25)8/h10-13,16,19,24H,14-15H2,1-9H3. The van der Waals surface area contributed by atoms with Crippen molar-refractivity contribution >= 4 is 23.5 Å². The molecule has 0 saturated carbocycles. The largest absolute Gasteiger partial charge is 0.457 e. The SMILES string of the molecule is Cc1ccc(C(=O)C(=O)OC(C)CC(CC(C)C)OC(=O)C(=O)c2ccc(C)c(C)c2C)c(C)c1C. The van der Waals surface area contributed by atoms with Crippen molar-refractivity contribution in [3.8, 4) is 0 Å². The molecule has 2 rings (SSSR count). The van der Waals surface area contributed by atoms with E-state index in [1.165, 1.54) is 0 Å². The molecule has 0 amide bonds. The molecular weight excluding hydrogens is 456 g/mol. The summed E-state index contributed by atoms with van der Waals surface area (Å²) in [6.07, 6.45) is -0.678. The lowest BCUT2D eigenvalue weighted by Crippen LogP contribution is -2.31. The Balaban J connectivity index is 2.10. The Morgan fingerprint density at radius 3 is 1.44 bits per heavy atom. The van der Waals surface area contributed by atoms with Crippen molar-refractivity contribution in [2.45, 2.75) is 87.4 Å². The molecule has 2 unspecified atom stereocenters. The lowest BCUT2D eigenvalue weighted by Gasteiger charge is -2.23. The highest BCUT2D eigenvalue weighted by molar-refractivity contribution is 6.41. The van der Waals surface area contributed by atoms with E-state index in [9.17, 15) is 19.2 Å². The van der Waals surface area contributed by atoms with Crippen LogP contribution in [0.5, 0.6) is 0 Å². The zero-order valence-corrected chi connectivity index (χ0v) is 22.9. The molecule has 6 nitrogen and oxygen atoms in total. The maximum absolute atomic E-state index is 12.8. The Bertz CT molecular complexity index is 1170. The molecule has 0 aliphatic rings. The summed E-state index contributed by atoms with van der Waals surface area (Å²) in [4.78, 5) is 50.9. The fourth-order valence-electron chi connectivity index (χ4n) is 4.20. The highest BCUT2D eigenvalue weighted by atomic mass is 16.6. The number of ketones is 2. The number of esters is 2. The molecule has 2 atom stereocenters. The van der Waals surface area contributed by atoms with Gasteiger partial charge in [0.1, 0.15) is 12.2 Å². The van der Waals surface area contributed by atoms with Crippen molar-refractivity contribution in [3.05, 3.63) is 68.8 Å². The summed E-state index contributed by atoms with van der Waals surface area (Å²) in [6.45, 7) is 16.9. The number of carbonyl (C=O) groups excluding carboxylic acids is 4. The van der Waals surface area contributed by atoms with Crippen molar-refractivity contribution in [2.75, 3.05) is 0 Å². The van der Waals surface area contributed by atoms with E-state index in [1.807, 2.05) is 54.5 Å². The highest BCUT2D eigenvalue weighted by Crippen LogP contribution is 2.22. The number of hydrogen-bond donors (Lipinski definition) is 0. The summed E-state index contributed by atoms with van der Waals surface area (Å²) in [6, 6.07) is 6.89. The molecule has 0 N–H and O–H groups in total. The first-order valence-corrected chi connectivity index (χ1v) is 12.4. The van der Waals surface area contributed by atoms with Gasteiger partial charge in [0.25, 0.3) is 11.6 Å². The van der Waals surface area contributed by atoms with Gasteiger partial charge >= 0.3 is 11.9 Å². The second kappa shape index (κ2) is 12.1. The third kappa shape index (κ3) is 6.90. The monoisotopic (exact) mass is 494 g/mol. The molecule has 0 heterocycles. The number of carbonyl (C=O) groups is 4. The van der Waals surface area contributed by atoms with Crippen LogP contribution >= 0.6 is 0 Å². The minimum atomic E-state index is -0.953. The minimum Gasteiger partial charge on any atom is -0.457 e. The van der Waals surface area contributed by atoms with Crippen LogP contribution < -0.4 is 0 Å². The summed E-state index contributed by atoms with van der Waals surface area (Å²) in [5, 5.41) is 0. The van der Waals surface area contributed by atoms with E-state index >= 15 is 0 Å². The lowest BCUT2D eigenvalue weighted by molar-refractivity contribution is -0.149. The first kappa shape index (κ1) is 29.0. The Hall–Kier alpha value is -3.28. The molecule has 194 valence electrons. The quantitative estimate of drug-likeness (QED) is 0.233. The number of rotatable bonds is 10. The molecule has 0 aromatic heterocycles. The van der Waals surface area contributed by atoms with Crippen LogP contribution in [0.25, 0.3) is 0 Å². The Kier molecular flexibility index (Phi) is 9.74. The van der Waals surface area contributed by atoms with E-state index in [-0.39, 0.29) is 12.3 Å². The van der Waals surface area contributed by atoms with Gasteiger partial charge in [0.05, 0.1) is 0 Å². The van der Waals surface area contributed by atoms with Crippen LogP contribution in [0.4, 0.5) is 0 Å². The van der Waals surface area contributed by atoms with Gasteiger partial charge in [-0.25, -0.2) is 9.59 Å². The molecule has 2 aromatic rings. The molecule has 0 bridgehead atoms. The number of Topliss-reactive ketones (excluding diaryl/α,β-unsaturated/α-hetero) is 2. The molecule has 0 aliphatic heterocycles. The summed E-state index contributed by atoms with van der Waals surface area (Å²) >= 11 is 0. The average molecular weight is 495 g/mol. The van der Waals surface area contributed by atoms with Gasteiger partial charge in [-0.05, 0) is 94.2 Å². The summed E-state index contributed by atoms with van der Waals surface area (Å²) in [7, 11) is 0. The Morgan fingerprint density at radius 2 is 1.03 bits per heavy atom. The molecule has 0 fully saturated rings. The van der Waals surface area contributed by atoms with Crippen LogP contribution in [-0.4, -0.2) is 35.7 Å². The minimum absolute atomic E-state index is 0.170. The molecule has 0 spiro atoms. The molecule has 6 heteroatoms. The van der Waals surface area contributed by atoms with Gasteiger partial charge in [-0.1, -0.05) is 38.1 Å². The summed E-state index contributed by atoms with van der Waals surface area (Å²) in [5.41, 5.74) is 6.11. The fourth-order valence-corrected chi connectivity index (χ4v) is 4.20. The fraction of sp³-hybridized carbons (Fsp3) is 0.467. The molecule has 36 heavy (non-hydrogen) atoms. The molecule has 0 radical (unpaired) electrons. The van der Waals surface area contributed by atoms with Crippen molar-refractivity contribution in [3.63, 3.8) is 0 Å². The number of aryl methyl sites for hydroxylation is 2. The van der Waals surface area contributed by atoms with Crippen LogP contribution in [0.1, 0.15) is 87.7 Å². The topological polar surface area (TPSA) is 86.7 Å². The number of ether oxygens (including phenoxy) is 2. The zero-order valence-electron chi connectivity index (χ0n) is 22.9. The predicted octanol–water partition coefficient (Wildman–Crippen LogP) is 5.88. The van der Waals surface area contributed by atoms with E-state index in [0.717, 1.165) is 33.4 Å². The van der Waals surface area contributed by atoms with E-state index in [2.05, 4.69) is 0 Å². The van der Waals surface area contributed by atoms with Crippen molar-refractivity contribution in [1.29, 1.82) is 0 Å². The van der Waals surface area contributed by atoms with E-state index < -0.39 is 35.7 Å². The molecule has 0 saturated heterocycles. The second-order valence-electron chi connectivity index (χ2n) is 10.1. The van der Waals surface area contributed by atoms with E-state index in [0.29, 0.717) is 17.5 Å². The smallest absolute Gasteiger partial charge is 0.379 e. The van der Waals surface area contributed by atoms with Crippen molar-refractivity contribution in [1.82, 2.24) is 0 Å². The predicted molar refractivity (Wildman–Crippen MR) is 139 cm³/mol. The van der Waals surface area contributed by atoms with Crippen LogP contribution in [-0.2, 0) is 19.1 Å². The summed E-state index contributed by atoms with van der Waals surface area (Å²) < 4.78 is 11.0. The van der Waals surface area contributed by atoms with Gasteiger partial charge in [0, 0.05) is 17.5 Å². The Morgan fingerprint density at radius 1 is 0.611 bits per heavy atom.